The number of ether oxygens (including phenoxy) is 1. The summed E-state index contributed by atoms with van der Waals surface area (Å²) in [6, 6.07) is 12.3. The van der Waals surface area contributed by atoms with E-state index in [1.54, 1.807) is 30.3 Å². The fourth-order valence-electron chi connectivity index (χ4n) is 1.91. The molecule has 2 aromatic carbocycles. The van der Waals surface area contributed by atoms with E-state index in [9.17, 15) is 9.59 Å². The summed E-state index contributed by atoms with van der Waals surface area (Å²) in [4.78, 5) is 23.8. The predicted molar refractivity (Wildman–Crippen MR) is 107 cm³/mol. The van der Waals surface area contributed by atoms with E-state index in [0.29, 0.717) is 22.1 Å². The quantitative estimate of drug-likeness (QED) is 0.665. The van der Waals surface area contributed by atoms with Gasteiger partial charge in [0.15, 0.2) is 0 Å². The Balaban J connectivity index is 1.73. The second-order valence-electron chi connectivity index (χ2n) is 4.95. The van der Waals surface area contributed by atoms with Crippen LogP contribution in [0.15, 0.2) is 46.9 Å². The number of carbonyl (C=O) groups is 2. The zero-order valence-electron chi connectivity index (χ0n) is 13.3. The molecule has 0 saturated heterocycles. The van der Waals surface area contributed by atoms with Crippen LogP contribution < -0.4 is 15.4 Å². The van der Waals surface area contributed by atoms with Gasteiger partial charge in [0.2, 0.25) is 11.8 Å². The molecule has 25 heavy (non-hydrogen) atoms. The minimum atomic E-state index is -0.206. The van der Waals surface area contributed by atoms with Crippen molar-refractivity contribution in [2.24, 2.45) is 0 Å². The van der Waals surface area contributed by atoms with Gasteiger partial charge in [-0.05, 0) is 42.5 Å². The molecule has 0 aliphatic heterocycles. The van der Waals surface area contributed by atoms with Gasteiger partial charge in [-0.25, -0.2) is 0 Å². The molecular formula is C17H16BrClN2O3S. The predicted octanol–water partition coefficient (Wildman–Crippen LogP) is 4.42. The lowest BCUT2D eigenvalue weighted by atomic mass is 10.3. The van der Waals surface area contributed by atoms with Crippen LogP contribution in [-0.4, -0.2) is 30.4 Å². The van der Waals surface area contributed by atoms with Gasteiger partial charge in [0, 0.05) is 15.8 Å². The van der Waals surface area contributed by atoms with E-state index >= 15 is 0 Å². The van der Waals surface area contributed by atoms with Gasteiger partial charge in [-0.2, -0.15) is 0 Å². The fourth-order valence-corrected chi connectivity index (χ4v) is 3.05. The Bertz CT molecular complexity index is 756. The Morgan fingerprint density at radius 3 is 2.16 bits per heavy atom. The first-order valence-corrected chi connectivity index (χ1v) is 9.57. The average molecular weight is 444 g/mol. The summed E-state index contributed by atoms with van der Waals surface area (Å²) in [6.07, 6.45) is 0. The Hall–Kier alpha value is -1.70. The van der Waals surface area contributed by atoms with Crippen LogP contribution in [0.25, 0.3) is 0 Å². The lowest BCUT2D eigenvalue weighted by molar-refractivity contribution is -0.114. The Labute approximate surface area is 163 Å². The summed E-state index contributed by atoms with van der Waals surface area (Å²) in [6.45, 7) is 0. The first kappa shape index (κ1) is 19.6. The summed E-state index contributed by atoms with van der Waals surface area (Å²) in [5, 5.41) is 5.91. The van der Waals surface area contributed by atoms with Crippen molar-refractivity contribution in [3.05, 3.63) is 52.0 Å². The molecule has 0 heterocycles. The maximum Gasteiger partial charge on any atom is 0.234 e. The van der Waals surface area contributed by atoms with Gasteiger partial charge in [-0.1, -0.05) is 27.5 Å². The number of methoxy groups -OCH3 is 1. The van der Waals surface area contributed by atoms with E-state index in [0.717, 1.165) is 4.47 Å². The molecule has 0 saturated carbocycles. The summed E-state index contributed by atoms with van der Waals surface area (Å²) < 4.78 is 6.00. The van der Waals surface area contributed by atoms with Gasteiger partial charge >= 0.3 is 0 Å². The maximum absolute atomic E-state index is 11.9. The first-order valence-electron chi connectivity index (χ1n) is 7.24. The van der Waals surface area contributed by atoms with Crippen molar-refractivity contribution in [1.82, 2.24) is 0 Å². The number of hydrogen-bond acceptors (Lipinski definition) is 4. The summed E-state index contributed by atoms with van der Waals surface area (Å²) in [5.41, 5.74) is 1.29. The minimum Gasteiger partial charge on any atom is -0.495 e. The first-order chi connectivity index (χ1) is 12.0. The molecule has 5 nitrogen and oxygen atoms in total. The van der Waals surface area contributed by atoms with Crippen LogP contribution in [-0.2, 0) is 9.59 Å². The summed E-state index contributed by atoms with van der Waals surface area (Å²) >= 11 is 10.6. The molecular weight excluding hydrogens is 428 g/mol. The maximum atomic E-state index is 11.9. The van der Waals surface area contributed by atoms with Gasteiger partial charge in [-0.15, -0.1) is 11.8 Å². The molecule has 2 rings (SSSR count). The highest BCUT2D eigenvalue weighted by molar-refractivity contribution is 9.10. The SMILES string of the molecule is COc1ccc(NC(=O)CSCC(=O)Nc2ccc(Br)cc2)cc1Cl. The van der Waals surface area contributed by atoms with E-state index < -0.39 is 0 Å². The second kappa shape index (κ2) is 9.70. The van der Waals surface area contributed by atoms with Gasteiger partial charge < -0.3 is 15.4 Å². The number of anilines is 2. The standard InChI is InChI=1S/C17H16BrClN2O3S/c1-24-15-7-6-13(8-14(15)19)21-17(23)10-25-9-16(22)20-12-4-2-11(18)3-5-12/h2-8H,9-10H2,1H3,(H,20,22)(H,21,23). The van der Waals surface area contributed by atoms with E-state index in [1.807, 2.05) is 12.1 Å². The van der Waals surface area contributed by atoms with Crippen molar-refractivity contribution in [3.63, 3.8) is 0 Å². The van der Waals surface area contributed by atoms with Gasteiger partial charge in [0.05, 0.1) is 23.6 Å². The van der Waals surface area contributed by atoms with Crippen LogP contribution in [0.3, 0.4) is 0 Å². The molecule has 8 heteroatoms. The van der Waals surface area contributed by atoms with Crippen molar-refractivity contribution in [2.75, 3.05) is 29.2 Å². The third-order valence-corrected chi connectivity index (χ3v) is 4.79. The van der Waals surface area contributed by atoms with Gasteiger partial charge in [0.25, 0.3) is 0 Å². The second-order valence-corrected chi connectivity index (χ2v) is 7.25. The Morgan fingerprint density at radius 2 is 1.60 bits per heavy atom. The van der Waals surface area contributed by atoms with Crippen LogP contribution in [0.5, 0.6) is 5.75 Å². The van der Waals surface area contributed by atoms with E-state index in [-0.39, 0.29) is 23.3 Å². The molecule has 0 aromatic heterocycles. The third kappa shape index (κ3) is 6.61. The minimum absolute atomic E-state index is 0.160. The summed E-state index contributed by atoms with van der Waals surface area (Å²) in [7, 11) is 1.52. The molecule has 132 valence electrons. The van der Waals surface area contributed by atoms with Crippen molar-refractivity contribution in [2.45, 2.75) is 0 Å². The van der Waals surface area contributed by atoms with E-state index in [2.05, 4.69) is 26.6 Å². The van der Waals surface area contributed by atoms with Crippen LogP contribution >= 0.6 is 39.3 Å². The molecule has 0 bridgehead atoms. The smallest absolute Gasteiger partial charge is 0.234 e. The molecule has 2 N–H and O–H groups in total. The number of benzene rings is 2. The molecule has 0 spiro atoms. The monoisotopic (exact) mass is 442 g/mol. The Kier molecular flexibility index (Phi) is 7.61. The Morgan fingerprint density at radius 1 is 1.04 bits per heavy atom. The lowest BCUT2D eigenvalue weighted by Crippen LogP contribution is -2.18. The van der Waals surface area contributed by atoms with Crippen molar-refractivity contribution >= 4 is 62.5 Å². The molecule has 0 atom stereocenters. The fraction of sp³-hybridized carbons (Fsp3) is 0.176. The lowest BCUT2D eigenvalue weighted by Gasteiger charge is -2.08. The molecule has 0 unspecified atom stereocenters. The van der Waals surface area contributed by atoms with Crippen LogP contribution in [0, 0.1) is 0 Å². The van der Waals surface area contributed by atoms with Gasteiger partial charge in [-0.3, -0.25) is 9.59 Å². The zero-order chi connectivity index (χ0) is 18.2. The van der Waals surface area contributed by atoms with Gasteiger partial charge in [0.1, 0.15) is 5.75 Å². The van der Waals surface area contributed by atoms with Crippen LogP contribution in [0.2, 0.25) is 5.02 Å². The number of hydrogen-bond donors (Lipinski definition) is 2. The summed E-state index contributed by atoms with van der Waals surface area (Å²) in [5.74, 6) is 0.526. The van der Waals surface area contributed by atoms with Crippen LogP contribution in [0.4, 0.5) is 11.4 Å². The molecule has 0 fully saturated rings. The highest BCUT2D eigenvalue weighted by atomic mass is 79.9. The third-order valence-electron chi connectivity index (χ3n) is 3.03. The van der Waals surface area contributed by atoms with Crippen molar-refractivity contribution in [3.8, 4) is 5.75 Å². The number of nitrogens with one attached hydrogen (secondary N) is 2. The highest BCUT2D eigenvalue weighted by Gasteiger charge is 2.08. The number of rotatable bonds is 7. The number of amides is 2. The van der Waals surface area contributed by atoms with Crippen molar-refractivity contribution in [1.29, 1.82) is 0 Å². The zero-order valence-corrected chi connectivity index (χ0v) is 16.5. The number of carbonyl (C=O) groups excluding carboxylic acids is 2. The normalized spacial score (nSPS) is 10.2. The average Bonchev–Trinajstić information content (AvgIpc) is 2.57. The molecule has 0 radical (unpaired) electrons. The molecule has 0 aliphatic carbocycles. The molecule has 0 aliphatic rings. The molecule has 2 aromatic rings. The molecule has 2 amide bonds. The van der Waals surface area contributed by atoms with Crippen molar-refractivity contribution < 1.29 is 14.3 Å². The largest absolute Gasteiger partial charge is 0.495 e. The van der Waals surface area contributed by atoms with E-state index in [1.165, 1.54) is 18.9 Å². The number of thioether (sulfide) groups is 1. The van der Waals surface area contributed by atoms with Crippen LogP contribution in [0.1, 0.15) is 0 Å². The van der Waals surface area contributed by atoms with E-state index in [4.69, 9.17) is 16.3 Å². The number of halogens is 2. The highest BCUT2D eigenvalue weighted by Crippen LogP contribution is 2.27. The topological polar surface area (TPSA) is 67.4 Å².